The fourth-order valence-electron chi connectivity index (χ4n) is 1.50. The Kier molecular flexibility index (Phi) is 2.93. The van der Waals surface area contributed by atoms with Gasteiger partial charge < -0.3 is 10.1 Å². The van der Waals surface area contributed by atoms with Crippen LogP contribution in [0.2, 0.25) is 0 Å². The highest BCUT2D eigenvalue weighted by Crippen LogP contribution is 2.17. The Morgan fingerprint density at radius 1 is 1.39 bits per heavy atom. The van der Waals surface area contributed by atoms with E-state index < -0.39 is 11.5 Å². The first-order valence-electron chi connectivity index (χ1n) is 5.08. The van der Waals surface area contributed by atoms with Gasteiger partial charge in [-0.25, -0.2) is 14.2 Å². The molecule has 0 aliphatic carbocycles. The topological polar surface area (TPSA) is 83.0 Å². The number of benzene rings is 1. The zero-order chi connectivity index (χ0) is 13.3. The minimum atomic E-state index is -1.29. The van der Waals surface area contributed by atoms with Crippen LogP contribution in [0.4, 0.5) is 4.39 Å². The molecule has 0 radical (unpaired) electrons. The molecular weight excluding hydrogens is 239 g/mol. The van der Waals surface area contributed by atoms with E-state index in [0.717, 1.165) is 6.07 Å². The number of carboxylic acid groups (broad SMARTS) is 1. The Balaban J connectivity index is 2.60. The highest BCUT2D eigenvalue weighted by molar-refractivity contribution is 5.85. The molecule has 6 heteroatoms. The molecule has 1 aromatic heterocycles. The van der Waals surface area contributed by atoms with Gasteiger partial charge in [0.2, 0.25) is 0 Å². The number of nitrogens with zero attached hydrogens (tertiary/aromatic N) is 1. The number of nitrogens with one attached hydrogen (secondary N) is 1. The van der Waals surface area contributed by atoms with Gasteiger partial charge >= 0.3 is 5.97 Å². The molecule has 0 amide bonds. The Morgan fingerprint density at radius 3 is 2.72 bits per heavy atom. The van der Waals surface area contributed by atoms with Crippen LogP contribution in [0.5, 0.6) is 0 Å². The van der Waals surface area contributed by atoms with E-state index in [9.17, 15) is 14.0 Å². The molecule has 0 aliphatic heterocycles. The first-order chi connectivity index (χ1) is 8.47. The van der Waals surface area contributed by atoms with Crippen molar-refractivity contribution in [2.75, 3.05) is 0 Å². The van der Waals surface area contributed by atoms with Crippen molar-refractivity contribution in [2.45, 2.75) is 6.92 Å². The number of aromatic amines is 1. The molecule has 0 bridgehead atoms. The van der Waals surface area contributed by atoms with E-state index in [1.165, 1.54) is 18.2 Å². The zero-order valence-electron chi connectivity index (χ0n) is 9.40. The molecule has 2 rings (SSSR count). The van der Waals surface area contributed by atoms with Crippen LogP contribution in [0, 0.1) is 12.7 Å². The summed E-state index contributed by atoms with van der Waals surface area (Å²) in [6, 6.07) is 5.03. The SMILES string of the molecule is Cc1cc(-c2nc(C(=O)O)cc(=O)[nH]2)ccc1F. The van der Waals surface area contributed by atoms with Crippen LogP contribution >= 0.6 is 0 Å². The fourth-order valence-corrected chi connectivity index (χ4v) is 1.50. The van der Waals surface area contributed by atoms with Gasteiger partial charge in [0.15, 0.2) is 5.69 Å². The van der Waals surface area contributed by atoms with Crippen molar-refractivity contribution < 1.29 is 14.3 Å². The van der Waals surface area contributed by atoms with Crippen LogP contribution in [-0.4, -0.2) is 21.0 Å². The number of aromatic carboxylic acids is 1. The summed E-state index contributed by atoms with van der Waals surface area (Å²) in [7, 11) is 0. The average Bonchev–Trinajstić information content (AvgIpc) is 2.31. The number of aryl methyl sites for hydroxylation is 1. The average molecular weight is 248 g/mol. The summed E-state index contributed by atoms with van der Waals surface area (Å²) in [5, 5.41) is 8.80. The molecule has 0 saturated carbocycles. The number of hydrogen-bond acceptors (Lipinski definition) is 3. The molecule has 2 N–H and O–H groups in total. The van der Waals surface area contributed by atoms with Crippen LogP contribution in [0.1, 0.15) is 16.1 Å². The fraction of sp³-hybridized carbons (Fsp3) is 0.0833. The summed E-state index contributed by atoms with van der Waals surface area (Å²) in [5.41, 5.74) is -0.0833. The van der Waals surface area contributed by atoms with Crippen molar-refractivity contribution in [3.63, 3.8) is 0 Å². The number of halogens is 1. The van der Waals surface area contributed by atoms with Gasteiger partial charge in [-0.3, -0.25) is 4.79 Å². The minimum Gasteiger partial charge on any atom is -0.477 e. The Labute approximate surface area is 101 Å². The second-order valence-corrected chi connectivity index (χ2v) is 3.75. The number of H-pyrrole nitrogens is 1. The highest BCUT2D eigenvalue weighted by atomic mass is 19.1. The van der Waals surface area contributed by atoms with Crippen molar-refractivity contribution in [1.29, 1.82) is 0 Å². The van der Waals surface area contributed by atoms with Crippen molar-refractivity contribution in [3.05, 3.63) is 51.7 Å². The maximum absolute atomic E-state index is 13.1. The van der Waals surface area contributed by atoms with E-state index in [4.69, 9.17) is 5.11 Å². The molecule has 5 nitrogen and oxygen atoms in total. The molecule has 0 fully saturated rings. The van der Waals surface area contributed by atoms with Gasteiger partial charge in [-0.05, 0) is 30.7 Å². The van der Waals surface area contributed by atoms with Crippen molar-refractivity contribution in [3.8, 4) is 11.4 Å². The summed E-state index contributed by atoms with van der Waals surface area (Å²) in [6.07, 6.45) is 0. The highest BCUT2D eigenvalue weighted by Gasteiger charge is 2.10. The molecule has 0 saturated heterocycles. The summed E-state index contributed by atoms with van der Waals surface area (Å²) < 4.78 is 13.1. The molecule has 0 aliphatic rings. The standard InChI is InChI=1S/C12H9FN2O3/c1-6-4-7(2-3-8(6)13)11-14-9(12(17)18)5-10(16)15-11/h2-5H,1H3,(H,17,18)(H,14,15,16). The van der Waals surface area contributed by atoms with E-state index in [1.54, 1.807) is 6.92 Å². The number of rotatable bonds is 2. The van der Waals surface area contributed by atoms with E-state index in [-0.39, 0.29) is 17.3 Å². The number of carboxylic acids is 1. The lowest BCUT2D eigenvalue weighted by atomic mass is 10.1. The van der Waals surface area contributed by atoms with Crippen LogP contribution in [0.3, 0.4) is 0 Å². The van der Waals surface area contributed by atoms with E-state index in [2.05, 4.69) is 9.97 Å². The number of carbonyl (C=O) groups is 1. The molecule has 92 valence electrons. The van der Waals surface area contributed by atoms with Gasteiger partial charge in [0.25, 0.3) is 5.56 Å². The Hall–Kier alpha value is -2.50. The summed E-state index contributed by atoms with van der Waals surface area (Å²) in [4.78, 5) is 28.3. The molecule has 0 unspecified atom stereocenters. The lowest BCUT2D eigenvalue weighted by Gasteiger charge is -2.03. The monoisotopic (exact) mass is 248 g/mol. The van der Waals surface area contributed by atoms with E-state index >= 15 is 0 Å². The molecule has 18 heavy (non-hydrogen) atoms. The van der Waals surface area contributed by atoms with Gasteiger partial charge in [-0.2, -0.15) is 0 Å². The van der Waals surface area contributed by atoms with Gasteiger partial charge in [0, 0.05) is 11.6 Å². The Bertz CT molecular complexity index is 679. The molecule has 1 heterocycles. The zero-order valence-corrected chi connectivity index (χ0v) is 9.40. The van der Waals surface area contributed by atoms with Gasteiger partial charge in [-0.15, -0.1) is 0 Å². The van der Waals surface area contributed by atoms with Crippen LogP contribution in [0.25, 0.3) is 11.4 Å². The first-order valence-corrected chi connectivity index (χ1v) is 5.08. The third-order valence-electron chi connectivity index (χ3n) is 2.39. The first kappa shape index (κ1) is 12.0. The van der Waals surface area contributed by atoms with E-state index in [0.29, 0.717) is 11.1 Å². The lowest BCUT2D eigenvalue weighted by Crippen LogP contribution is -2.13. The molecular formula is C12H9FN2O3. The third-order valence-corrected chi connectivity index (χ3v) is 2.39. The quantitative estimate of drug-likeness (QED) is 0.845. The minimum absolute atomic E-state index is 0.100. The van der Waals surface area contributed by atoms with Crippen molar-refractivity contribution in [2.24, 2.45) is 0 Å². The summed E-state index contributed by atoms with van der Waals surface area (Å²) >= 11 is 0. The molecule has 1 aromatic carbocycles. The second kappa shape index (κ2) is 4.40. The van der Waals surface area contributed by atoms with Crippen LogP contribution in [-0.2, 0) is 0 Å². The van der Waals surface area contributed by atoms with Crippen LogP contribution in [0.15, 0.2) is 29.1 Å². The van der Waals surface area contributed by atoms with Gasteiger partial charge in [-0.1, -0.05) is 0 Å². The number of aromatic nitrogens is 2. The summed E-state index contributed by atoms with van der Waals surface area (Å²) in [5.74, 6) is -1.57. The lowest BCUT2D eigenvalue weighted by molar-refractivity contribution is 0.0690. The maximum atomic E-state index is 13.1. The molecule has 0 atom stereocenters. The maximum Gasteiger partial charge on any atom is 0.354 e. The summed E-state index contributed by atoms with van der Waals surface area (Å²) in [6.45, 7) is 1.57. The van der Waals surface area contributed by atoms with E-state index in [1.807, 2.05) is 0 Å². The number of hydrogen-bond donors (Lipinski definition) is 2. The molecule has 0 spiro atoms. The van der Waals surface area contributed by atoms with Gasteiger partial charge in [0.1, 0.15) is 11.6 Å². The third kappa shape index (κ3) is 2.27. The largest absolute Gasteiger partial charge is 0.477 e. The Morgan fingerprint density at radius 2 is 2.11 bits per heavy atom. The smallest absolute Gasteiger partial charge is 0.354 e. The predicted octanol–water partition coefficient (Wildman–Crippen LogP) is 1.58. The van der Waals surface area contributed by atoms with Crippen LogP contribution < -0.4 is 5.56 Å². The molecule has 2 aromatic rings. The van der Waals surface area contributed by atoms with Crippen molar-refractivity contribution >= 4 is 5.97 Å². The van der Waals surface area contributed by atoms with Gasteiger partial charge in [0.05, 0.1) is 0 Å². The predicted molar refractivity (Wildman–Crippen MR) is 61.9 cm³/mol. The van der Waals surface area contributed by atoms with Crippen molar-refractivity contribution in [1.82, 2.24) is 9.97 Å². The normalized spacial score (nSPS) is 10.3. The second-order valence-electron chi connectivity index (χ2n) is 3.75.